The minimum absolute atomic E-state index is 0.153. The average Bonchev–Trinajstić information content (AvgIpc) is 2.48. The van der Waals surface area contributed by atoms with E-state index in [2.05, 4.69) is 0 Å². The molecule has 1 atom stereocenters. The van der Waals surface area contributed by atoms with Crippen LogP contribution in [-0.4, -0.2) is 18.8 Å². The lowest BCUT2D eigenvalue weighted by atomic mass is 9.79. The van der Waals surface area contributed by atoms with Crippen molar-refractivity contribution in [3.05, 3.63) is 29.8 Å². The first kappa shape index (κ1) is 15.4. The molecule has 0 heterocycles. The predicted molar refractivity (Wildman–Crippen MR) is 73.3 cm³/mol. The molecular formula is C16H17F2NO2. The highest BCUT2D eigenvalue weighted by molar-refractivity contribution is 5.90. The van der Waals surface area contributed by atoms with E-state index in [1.807, 2.05) is 6.07 Å². The molecule has 0 saturated heterocycles. The molecule has 1 aromatic carbocycles. The van der Waals surface area contributed by atoms with Crippen molar-refractivity contribution >= 4 is 5.78 Å². The largest absolute Gasteiger partial charge is 0.497 e. The van der Waals surface area contributed by atoms with Gasteiger partial charge >= 0.3 is 0 Å². The van der Waals surface area contributed by atoms with Crippen LogP contribution in [0.4, 0.5) is 8.78 Å². The Kier molecular flexibility index (Phi) is 4.56. The summed E-state index contributed by atoms with van der Waals surface area (Å²) in [6.45, 7) is 0. The molecule has 1 aliphatic rings. The number of Topliss-reactive ketones (excluding diaryl/α,β-unsaturated/α-hetero) is 1. The van der Waals surface area contributed by atoms with Crippen LogP contribution >= 0.6 is 0 Å². The Morgan fingerprint density at radius 3 is 2.38 bits per heavy atom. The van der Waals surface area contributed by atoms with Gasteiger partial charge in [0.15, 0.2) is 5.78 Å². The second kappa shape index (κ2) is 6.21. The van der Waals surface area contributed by atoms with Crippen LogP contribution in [0.3, 0.4) is 0 Å². The monoisotopic (exact) mass is 293 g/mol. The van der Waals surface area contributed by atoms with E-state index in [9.17, 15) is 18.8 Å². The van der Waals surface area contributed by atoms with Crippen LogP contribution in [-0.2, 0) is 4.79 Å². The number of carbonyl (C=O) groups is 1. The number of hydrogen-bond donors (Lipinski definition) is 0. The summed E-state index contributed by atoms with van der Waals surface area (Å²) >= 11 is 0. The summed E-state index contributed by atoms with van der Waals surface area (Å²) in [6, 6.07) is 8.70. The van der Waals surface area contributed by atoms with E-state index in [1.54, 1.807) is 24.3 Å². The molecule has 1 aliphatic carbocycles. The summed E-state index contributed by atoms with van der Waals surface area (Å²) in [5.74, 6) is -3.62. The van der Waals surface area contributed by atoms with E-state index in [1.165, 1.54) is 7.11 Å². The Morgan fingerprint density at radius 1 is 1.33 bits per heavy atom. The minimum Gasteiger partial charge on any atom is -0.497 e. The summed E-state index contributed by atoms with van der Waals surface area (Å²) in [4.78, 5) is 12.4. The van der Waals surface area contributed by atoms with Crippen LogP contribution in [0.15, 0.2) is 24.3 Å². The van der Waals surface area contributed by atoms with Gasteiger partial charge in [0.1, 0.15) is 11.7 Å². The van der Waals surface area contributed by atoms with Gasteiger partial charge in [-0.05, 0) is 30.5 Å². The van der Waals surface area contributed by atoms with Gasteiger partial charge in [-0.2, -0.15) is 5.26 Å². The molecule has 5 heteroatoms. The number of alkyl halides is 2. The van der Waals surface area contributed by atoms with Crippen molar-refractivity contribution in [3.63, 3.8) is 0 Å². The van der Waals surface area contributed by atoms with Gasteiger partial charge in [-0.3, -0.25) is 4.79 Å². The van der Waals surface area contributed by atoms with Gasteiger partial charge in [0.05, 0.1) is 13.2 Å². The molecule has 0 N–H and O–H groups in total. The third-order valence-electron chi connectivity index (χ3n) is 3.98. The Labute approximate surface area is 122 Å². The first-order valence-corrected chi connectivity index (χ1v) is 6.92. The Morgan fingerprint density at radius 2 is 1.90 bits per heavy atom. The van der Waals surface area contributed by atoms with Crippen molar-refractivity contribution in [1.29, 1.82) is 5.26 Å². The van der Waals surface area contributed by atoms with Crippen LogP contribution in [0.5, 0.6) is 5.75 Å². The normalized spacial score (nSPS) is 19.5. The van der Waals surface area contributed by atoms with Crippen LogP contribution in [0.1, 0.15) is 37.2 Å². The number of carbonyl (C=O) groups excluding carboxylic acids is 1. The maximum Gasteiger partial charge on any atom is 0.248 e. The second-order valence-corrected chi connectivity index (χ2v) is 5.37. The van der Waals surface area contributed by atoms with Crippen molar-refractivity contribution < 1.29 is 18.3 Å². The summed E-state index contributed by atoms with van der Waals surface area (Å²) in [7, 11) is 1.53. The van der Waals surface area contributed by atoms with Gasteiger partial charge in [-0.15, -0.1) is 0 Å². The third kappa shape index (κ3) is 3.57. The van der Waals surface area contributed by atoms with E-state index >= 15 is 0 Å². The molecule has 3 nitrogen and oxygen atoms in total. The molecule has 21 heavy (non-hydrogen) atoms. The number of hydrogen-bond acceptors (Lipinski definition) is 3. The second-order valence-electron chi connectivity index (χ2n) is 5.37. The van der Waals surface area contributed by atoms with Crippen molar-refractivity contribution in [2.24, 2.45) is 5.92 Å². The smallest absolute Gasteiger partial charge is 0.248 e. The molecule has 2 rings (SSSR count). The molecule has 1 unspecified atom stereocenters. The zero-order chi connectivity index (χ0) is 15.5. The van der Waals surface area contributed by atoms with Gasteiger partial charge in [0.2, 0.25) is 5.92 Å². The van der Waals surface area contributed by atoms with Crippen molar-refractivity contribution in [1.82, 2.24) is 0 Å². The predicted octanol–water partition coefficient (Wildman–Crippen LogP) is 3.70. The highest BCUT2D eigenvalue weighted by Crippen LogP contribution is 2.38. The number of nitrogens with zero attached hydrogens (tertiary/aromatic N) is 1. The van der Waals surface area contributed by atoms with Gasteiger partial charge < -0.3 is 4.74 Å². The van der Waals surface area contributed by atoms with E-state index in [4.69, 9.17) is 4.74 Å². The van der Waals surface area contributed by atoms with E-state index in [0.717, 1.165) is 0 Å². The number of rotatable bonds is 4. The molecule has 1 saturated carbocycles. The summed E-state index contributed by atoms with van der Waals surface area (Å²) in [5.41, 5.74) is 0.584. The molecular weight excluding hydrogens is 276 g/mol. The number of halogens is 2. The molecule has 1 aromatic rings. The van der Waals surface area contributed by atoms with E-state index < -0.39 is 17.8 Å². The Bertz CT molecular complexity index is 538. The number of ketones is 1. The van der Waals surface area contributed by atoms with E-state index in [-0.39, 0.29) is 31.5 Å². The van der Waals surface area contributed by atoms with Crippen molar-refractivity contribution in [3.8, 4) is 11.8 Å². The van der Waals surface area contributed by atoms with Crippen molar-refractivity contribution in [2.45, 2.75) is 37.5 Å². The molecule has 0 spiro atoms. The lowest BCUT2D eigenvalue weighted by Crippen LogP contribution is -2.31. The fourth-order valence-corrected chi connectivity index (χ4v) is 2.66. The molecule has 0 amide bonds. The quantitative estimate of drug-likeness (QED) is 0.850. The minimum atomic E-state index is -2.67. The molecule has 0 radical (unpaired) electrons. The Balaban J connectivity index is 2.10. The lowest BCUT2D eigenvalue weighted by molar-refractivity contribution is -0.127. The number of methoxy groups -OCH3 is 1. The summed E-state index contributed by atoms with van der Waals surface area (Å²) < 4.78 is 31.3. The number of ether oxygens (including phenoxy) is 1. The van der Waals surface area contributed by atoms with Crippen LogP contribution < -0.4 is 4.74 Å². The highest BCUT2D eigenvalue weighted by Gasteiger charge is 2.39. The zero-order valence-electron chi connectivity index (χ0n) is 11.8. The van der Waals surface area contributed by atoms with Crippen LogP contribution in [0.2, 0.25) is 0 Å². The molecule has 1 fully saturated rings. The maximum absolute atomic E-state index is 13.1. The average molecular weight is 293 g/mol. The molecule has 0 bridgehead atoms. The third-order valence-corrected chi connectivity index (χ3v) is 3.98. The SMILES string of the molecule is COc1ccc(C(C#N)C(=O)C2CCC(F)(F)CC2)cc1. The fraction of sp³-hybridized carbons (Fsp3) is 0.500. The molecule has 0 aromatic heterocycles. The first-order chi connectivity index (χ1) is 9.96. The van der Waals surface area contributed by atoms with Gasteiger partial charge in [-0.25, -0.2) is 8.78 Å². The highest BCUT2D eigenvalue weighted by atomic mass is 19.3. The van der Waals surface area contributed by atoms with Crippen molar-refractivity contribution in [2.75, 3.05) is 7.11 Å². The number of benzene rings is 1. The summed E-state index contributed by atoms with van der Waals surface area (Å²) in [5, 5.41) is 9.26. The van der Waals surface area contributed by atoms with Gasteiger partial charge in [-0.1, -0.05) is 12.1 Å². The number of nitriles is 1. The standard InChI is InChI=1S/C16H17F2NO2/c1-21-13-4-2-11(3-5-13)14(10-19)15(20)12-6-8-16(17,18)9-7-12/h2-5,12,14H,6-9H2,1H3. The maximum atomic E-state index is 13.1. The van der Waals surface area contributed by atoms with E-state index in [0.29, 0.717) is 11.3 Å². The molecule has 112 valence electrons. The summed E-state index contributed by atoms with van der Waals surface area (Å²) in [6.07, 6.45) is -0.241. The fourth-order valence-electron chi connectivity index (χ4n) is 2.66. The first-order valence-electron chi connectivity index (χ1n) is 6.92. The lowest BCUT2D eigenvalue weighted by Gasteiger charge is -2.28. The van der Waals surface area contributed by atoms with Gasteiger partial charge in [0, 0.05) is 18.8 Å². The van der Waals surface area contributed by atoms with Crippen LogP contribution in [0.25, 0.3) is 0 Å². The van der Waals surface area contributed by atoms with Gasteiger partial charge in [0.25, 0.3) is 0 Å². The van der Waals surface area contributed by atoms with Crippen LogP contribution in [0, 0.1) is 17.2 Å². The molecule has 0 aliphatic heterocycles. The topological polar surface area (TPSA) is 50.1 Å². The Hall–Kier alpha value is -1.96. The zero-order valence-corrected chi connectivity index (χ0v) is 11.8.